The molecule has 2 fully saturated rings. The van der Waals surface area contributed by atoms with E-state index < -0.39 is 86.8 Å². The number of allylic oxidation sites excluding steroid dienone is 15. The van der Waals surface area contributed by atoms with Gasteiger partial charge in [0, 0.05) is 6.42 Å². The first-order chi connectivity index (χ1) is 49.1. The van der Waals surface area contributed by atoms with Crippen molar-refractivity contribution < 1.29 is 64.6 Å². The molecule has 14 heteroatoms. The summed E-state index contributed by atoms with van der Waals surface area (Å²) in [7, 11) is 0. The van der Waals surface area contributed by atoms with Crippen LogP contribution in [-0.2, 0) is 23.7 Å². The smallest absolute Gasteiger partial charge is 0.220 e. The van der Waals surface area contributed by atoms with Gasteiger partial charge >= 0.3 is 0 Å². The zero-order valence-corrected chi connectivity index (χ0v) is 63.7. The fourth-order valence-electron chi connectivity index (χ4n) is 13.2. The van der Waals surface area contributed by atoms with Crippen molar-refractivity contribution in [2.45, 2.75) is 421 Å². The van der Waals surface area contributed by atoms with E-state index >= 15 is 0 Å². The third-order valence-corrected chi connectivity index (χ3v) is 19.7. The Kier molecular flexibility index (Phi) is 64.1. The van der Waals surface area contributed by atoms with Gasteiger partial charge in [0.15, 0.2) is 12.6 Å². The van der Waals surface area contributed by atoms with Gasteiger partial charge in [0.2, 0.25) is 5.91 Å². The lowest BCUT2D eigenvalue weighted by Crippen LogP contribution is -2.65. The molecule has 2 rings (SSSR count). The van der Waals surface area contributed by atoms with Crippen molar-refractivity contribution in [2.75, 3.05) is 19.8 Å². The molecule has 1 amide bonds. The molecule has 0 aromatic carbocycles. The van der Waals surface area contributed by atoms with E-state index in [1.54, 1.807) is 6.08 Å². The van der Waals surface area contributed by atoms with Gasteiger partial charge in [-0.05, 0) is 89.9 Å². The Morgan fingerprint density at radius 1 is 0.370 bits per heavy atom. The molecule has 0 aliphatic carbocycles. The summed E-state index contributed by atoms with van der Waals surface area (Å²) < 4.78 is 22.9. The zero-order valence-electron chi connectivity index (χ0n) is 63.7. The van der Waals surface area contributed by atoms with Crippen LogP contribution in [0.4, 0.5) is 0 Å². The predicted molar refractivity (Wildman–Crippen MR) is 415 cm³/mol. The molecule has 0 spiro atoms. The van der Waals surface area contributed by atoms with Crippen molar-refractivity contribution >= 4 is 5.91 Å². The van der Waals surface area contributed by atoms with Crippen LogP contribution in [0.3, 0.4) is 0 Å². The summed E-state index contributed by atoms with van der Waals surface area (Å²) in [5.41, 5.74) is 0. The molecule has 0 radical (unpaired) electrons. The maximum atomic E-state index is 13.4. The van der Waals surface area contributed by atoms with Crippen molar-refractivity contribution in [1.29, 1.82) is 0 Å². The van der Waals surface area contributed by atoms with Gasteiger partial charge < -0.3 is 65.1 Å². The first-order valence-electron chi connectivity index (χ1n) is 41.5. The van der Waals surface area contributed by atoms with Crippen LogP contribution in [0.2, 0.25) is 0 Å². The fourth-order valence-corrected chi connectivity index (χ4v) is 13.2. The minimum Gasteiger partial charge on any atom is -0.394 e. The maximum Gasteiger partial charge on any atom is 0.220 e. The fraction of sp³-hybridized carbons (Fsp3) is 0.802. The van der Waals surface area contributed by atoms with Crippen LogP contribution in [0.1, 0.15) is 348 Å². The van der Waals surface area contributed by atoms with Gasteiger partial charge in [-0.1, -0.05) is 349 Å². The molecule has 2 saturated heterocycles. The molecule has 580 valence electrons. The molecule has 0 saturated carbocycles. The van der Waals surface area contributed by atoms with Crippen LogP contribution < -0.4 is 5.32 Å². The average Bonchev–Trinajstić information content (AvgIpc) is 0.791. The van der Waals surface area contributed by atoms with Crippen molar-refractivity contribution in [3.8, 4) is 0 Å². The highest BCUT2D eigenvalue weighted by Gasteiger charge is 2.51. The molecule has 100 heavy (non-hydrogen) atoms. The Balaban J connectivity index is 1.58. The van der Waals surface area contributed by atoms with E-state index in [2.05, 4.69) is 104 Å². The number of nitrogens with one attached hydrogen (secondary N) is 1. The Bertz CT molecular complexity index is 2050. The summed E-state index contributed by atoms with van der Waals surface area (Å²) in [4.78, 5) is 13.4. The van der Waals surface area contributed by atoms with Gasteiger partial charge in [0.1, 0.15) is 48.8 Å². The van der Waals surface area contributed by atoms with Crippen LogP contribution in [0, 0.1) is 0 Å². The van der Waals surface area contributed by atoms with Crippen LogP contribution in [0.25, 0.3) is 0 Å². The van der Waals surface area contributed by atoms with E-state index in [-0.39, 0.29) is 18.9 Å². The van der Waals surface area contributed by atoms with Crippen molar-refractivity contribution in [2.24, 2.45) is 0 Å². The van der Waals surface area contributed by atoms with Gasteiger partial charge in [-0.15, -0.1) is 0 Å². The third kappa shape index (κ3) is 51.2. The Hall–Kier alpha value is -3.09. The van der Waals surface area contributed by atoms with E-state index in [1.165, 1.54) is 238 Å². The standard InChI is InChI=1S/C86H153NO13/c1-3-5-7-9-11-13-15-17-19-21-23-25-27-29-30-31-32-33-34-35-36-37-38-39-40-41-42-43-44-46-48-50-52-54-56-58-60-62-64-66-68-70-78(91)87-74(73-97-85-83(96)81(94)84(77(72-89)99-85)100-86-82(95)80(93)79(92)76(71-88)98-86)75(90)69-67-65-63-61-59-57-55-53-51-49-47-45-28-26-24-22-20-18-16-14-12-10-8-6-4-2/h5,7,11,13,17,19,23,25,29-30,51,53,59,61,67,69,74-77,79-86,88-90,92-96H,3-4,6,8-10,12,14-16,18,20-22,24,26-28,31-50,52,54-58,60,62-66,68,70-73H2,1-2H3,(H,87,91)/b7-5-,13-11-,19-17-,25-23-,30-29-,53-51+,61-59+,69-67+. The van der Waals surface area contributed by atoms with Crippen LogP contribution in [0.5, 0.6) is 0 Å². The summed E-state index contributed by atoms with van der Waals surface area (Å²) in [6.07, 6.45) is 82.2. The monoisotopic (exact) mass is 1410 g/mol. The van der Waals surface area contributed by atoms with Crippen molar-refractivity contribution in [3.63, 3.8) is 0 Å². The van der Waals surface area contributed by atoms with Gasteiger partial charge in [-0.25, -0.2) is 0 Å². The number of unbranched alkanes of at least 4 members (excludes halogenated alkanes) is 42. The van der Waals surface area contributed by atoms with Crippen LogP contribution in [-0.4, -0.2) is 140 Å². The highest BCUT2D eigenvalue weighted by molar-refractivity contribution is 5.76. The van der Waals surface area contributed by atoms with E-state index in [0.717, 1.165) is 77.0 Å². The molecule has 0 bridgehead atoms. The molecular weight excluding hydrogens is 1250 g/mol. The van der Waals surface area contributed by atoms with E-state index in [0.29, 0.717) is 12.8 Å². The molecule has 2 heterocycles. The second-order valence-electron chi connectivity index (χ2n) is 28.9. The topological polar surface area (TPSA) is 228 Å². The van der Waals surface area contributed by atoms with Gasteiger partial charge in [-0.2, -0.15) is 0 Å². The molecule has 0 aromatic heterocycles. The SMILES string of the molecule is CC/C=C\C/C=C\C/C=C\C/C=C\C/C=C\CCCCCCCCCCCCCCCCCCCCCCCCCCCC(=O)NC(COC1OC(CO)C(OC2OC(CO)C(O)C(O)C2O)C(O)C1O)C(O)/C=C/CC/C=C/CC/C=C/CCCCCCCCCCCCCCCCC. The summed E-state index contributed by atoms with van der Waals surface area (Å²) in [5.74, 6) is -0.249. The number of amides is 1. The van der Waals surface area contributed by atoms with E-state index in [1.807, 2.05) is 6.08 Å². The van der Waals surface area contributed by atoms with Crippen molar-refractivity contribution in [3.05, 3.63) is 97.2 Å². The number of hydrogen-bond donors (Lipinski definition) is 9. The first-order valence-corrected chi connectivity index (χ1v) is 41.5. The molecule has 9 N–H and O–H groups in total. The number of aliphatic hydroxyl groups is 8. The number of carbonyl (C=O) groups excluding carboxylic acids is 1. The average molecular weight is 1410 g/mol. The van der Waals surface area contributed by atoms with E-state index in [4.69, 9.17) is 18.9 Å². The second-order valence-corrected chi connectivity index (χ2v) is 28.9. The zero-order chi connectivity index (χ0) is 72.2. The number of aliphatic hydroxyl groups excluding tert-OH is 8. The van der Waals surface area contributed by atoms with Crippen LogP contribution in [0.15, 0.2) is 97.2 Å². The highest BCUT2D eigenvalue weighted by atomic mass is 16.7. The summed E-state index contributed by atoms with van der Waals surface area (Å²) in [6, 6.07) is -0.942. The number of rotatable bonds is 69. The third-order valence-electron chi connectivity index (χ3n) is 19.7. The quantitative estimate of drug-likeness (QED) is 0.0204. The minimum atomic E-state index is -1.80. The summed E-state index contributed by atoms with van der Waals surface area (Å²) in [5, 5.41) is 87.7. The lowest BCUT2D eigenvalue weighted by Gasteiger charge is -2.46. The first kappa shape index (κ1) is 93.0. The minimum absolute atomic E-state index is 0.249. The van der Waals surface area contributed by atoms with Gasteiger partial charge in [0.25, 0.3) is 0 Å². The number of ether oxygens (including phenoxy) is 4. The summed E-state index contributed by atoms with van der Waals surface area (Å²) >= 11 is 0. The molecule has 14 nitrogen and oxygen atoms in total. The predicted octanol–water partition coefficient (Wildman–Crippen LogP) is 19.2. The molecule has 12 unspecified atom stereocenters. The van der Waals surface area contributed by atoms with E-state index in [9.17, 15) is 45.6 Å². The molecule has 0 aromatic rings. The molecule has 12 atom stereocenters. The Labute approximate surface area is 611 Å². The Morgan fingerprint density at radius 3 is 1.10 bits per heavy atom. The lowest BCUT2D eigenvalue weighted by atomic mass is 9.97. The van der Waals surface area contributed by atoms with Crippen LogP contribution >= 0.6 is 0 Å². The largest absolute Gasteiger partial charge is 0.394 e. The maximum absolute atomic E-state index is 13.4. The molecule has 2 aliphatic heterocycles. The highest BCUT2D eigenvalue weighted by Crippen LogP contribution is 2.30. The molecular formula is C86H153NO13. The Morgan fingerprint density at radius 2 is 0.700 bits per heavy atom. The second kappa shape index (κ2) is 69.0. The number of hydrogen-bond acceptors (Lipinski definition) is 13. The lowest BCUT2D eigenvalue weighted by molar-refractivity contribution is -0.359. The summed E-state index contributed by atoms with van der Waals surface area (Å²) in [6.45, 7) is 2.70. The normalized spacial score (nSPS) is 22.3. The van der Waals surface area contributed by atoms with Gasteiger partial charge in [0.05, 0.1) is 32.0 Å². The molecule has 2 aliphatic rings. The van der Waals surface area contributed by atoms with Crippen molar-refractivity contribution in [1.82, 2.24) is 5.32 Å². The number of carbonyl (C=O) groups is 1. The van der Waals surface area contributed by atoms with Gasteiger partial charge in [-0.3, -0.25) is 4.79 Å².